The molecular weight excluding hydrogens is 1460 g/mol. The second-order valence-corrected chi connectivity index (χ2v) is 28.5. The van der Waals surface area contributed by atoms with Crippen LogP contribution in [0.4, 0.5) is 0 Å². The number of aromatic hydroxyl groups is 1. The molecule has 5 aromatic rings. The quantitative estimate of drug-likeness (QED) is 0.0177. The Morgan fingerprint density at radius 2 is 0.850 bits per heavy atom. The highest BCUT2D eigenvalue weighted by Crippen LogP contribution is 2.23. The van der Waals surface area contributed by atoms with Crippen molar-refractivity contribution in [1.82, 2.24) is 79.1 Å². The number of carbonyl (C=O) groups excluding carboxylic acids is 14. The summed E-state index contributed by atoms with van der Waals surface area (Å²) < 4.78 is 0. The average molecular weight is 1580 g/mol. The van der Waals surface area contributed by atoms with Crippen LogP contribution in [0.1, 0.15) is 135 Å². The van der Waals surface area contributed by atoms with Gasteiger partial charge in [-0.2, -0.15) is 0 Å². The summed E-state index contributed by atoms with van der Waals surface area (Å²) in [6, 6.07) is 5.38. The maximum absolute atomic E-state index is 14.9. The summed E-state index contributed by atoms with van der Waals surface area (Å²) in [4.78, 5) is 199. The van der Waals surface area contributed by atoms with Gasteiger partial charge in [0.05, 0.1) is 32.3 Å². The van der Waals surface area contributed by atoms with Gasteiger partial charge in [-0.05, 0) is 131 Å². The number of nitrogens with one attached hydrogen (secondary N) is 15. The van der Waals surface area contributed by atoms with Crippen LogP contribution in [0.25, 0.3) is 21.8 Å². The molecule has 113 heavy (non-hydrogen) atoms. The second-order valence-electron chi connectivity index (χ2n) is 28.5. The van der Waals surface area contributed by atoms with Gasteiger partial charge in [0.25, 0.3) is 0 Å². The van der Waals surface area contributed by atoms with Gasteiger partial charge in [0.1, 0.15) is 66.2 Å². The first-order chi connectivity index (χ1) is 53.9. The van der Waals surface area contributed by atoms with Crippen LogP contribution in [0.15, 0.2) is 85.2 Å². The molecular formula is C77H115N19O17. The van der Waals surface area contributed by atoms with Crippen LogP contribution in [-0.4, -0.2) is 220 Å². The number of unbranched alkanes of at least 4 members (excludes halogenated alkanes) is 2. The fourth-order valence-corrected chi connectivity index (χ4v) is 12.2. The Labute approximate surface area is 656 Å². The first-order valence-electron chi connectivity index (χ1n) is 38.3. The standard InChI is InChI=1S/C77H115N19O17/c1-7-44(4)66(76(112)87-45(5)68(104)85-40-64(102)84-39-62(81)100)95-77(113)67(46(6)98)96-74(110)60(36-49-38-83-54-22-14-12-20-52(49)54)93-70(106)56(24-16-32-79)88-65(103)41-86-69(105)55(23-15-31-78)90-71(107)57(25-17-33-80)91-73(109)59(35-48-37-82-53-21-13-11-19-51(48)53)94-72(108)58(34-47-27-29-50(99)30-28-47)92-75(111)61(42-97)89-63(101)26-10-8-9-18-43(2)3/h11-14,19-22,27-30,37-38,43-46,55-61,66-67,82-83,97-99H,7-10,15-18,23-26,31-36,39-42,78-80H2,1-6H3,(H2,81,100)(H,84,102)(H,85,104)(H,86,105)(H,87,112)(H,88,103)(H,89,101)(H,90,107)(H,91,109)(H,92,111)(H,93,106)(H,94,108)(H,95,113)(H,96,110)/t44-,45-,46+,55-,56+,57+,58+,59+,60-,61+,66-,67-/m0/s1. The minimum Gasteiger partial charge on any atom is -0.508 e. The number of para-hydroxylation sites is 2. The molecule has 0 fully saturated rings. The minimum atomic E-state index is -1.77. The van der Waals surface area contributed by atoms with Gasteiger partial charge in [0.2, 0.25) is 82.7 Å². The van der Waals surface area contributed by atoms with Gasteiger partial charge >= 0.3 is 0 Å². The number of rotatable bonds is 51. The summed E-state index contributed by atoms with van der Waals surface area (Å²) in [6.07, 6.45) is 4.79. The van der Waals surface area contributed by atoms with Crippen molar-refractivity contribution in [3.05, 3.63) is 102 Å². The van der Waals surface area contributed by atoms with Crippen LogP contribution in [0, 0.1) is 11.8 Å². The summed E-state index contributed by atoms with van der Waals surface area (Å²) >= 11 is 0. The number of hydrogen-bond acceptors (Lipinski definition) is 20. The van der Waals surface area contributed by atoms with Crippen LogP contribution in [0.5, 0.6) is 5.75 Å². The molecule has 0 unspecified atom stereocenters. The lowest BCUT2D eigenvalue weighted by Crippen LogP contribution is -2.62. The highest BCUT2D eigenvalue weighted by atomic mass is 16.3. The molecule has 2 aromatic heterocycles. The van der Waals surface area contributed by atoms with E-state index in [1.165, 1.54) is 38.1 Å². The van der Waals surface area contributed by atoms with Crippen LogP contribution in [0.2, 0.25) is 0 Å². The molecule has 0 aliphatic rings. The number of aliphatic hydroxyl groups excluding tert-OH is 2. The Hall–Kier alpha value is -11.1. The second kappa shape index (κ2) is 48.0. The highest BCUT2D eigenvalue weighted by Gasteiger charge is 2.38. The number of primary amides is 1. The molecule has 0 bridgehead atoms. The summed E-state index contributed by atoms with van der Waals surface area (Å²) in [6.45, 7) is 7.56. The van der Waals surface area contributed by atoms with E-state index in [4.69, 9.17) is 22.9 Å². The fraction of sp³-hybridized carbons (Fsp3) is 0.532. The molecule has 0 saturated carbocycles. The number of aliphatic hydroxyl groups is 2. The number of phenols is 1. The van der Waals surface area contributed by atoms with Crippen molar-refractivity contribution in [3.8, 4) is 5.75 Å². The third-order valence-corrected chi connectivity index (χ3v) is 18.9. The van der Waals surface area contributed by atoms with Gasteiger partial charge in [-0.3, -0.25) is 67.1 Å². The van der Waals surface area contributed by atoms with Gasteiger partial charge in [-0.1, -0.05) is 102 Å². The van der Waals surface area contributed by atoms with E-state index in [0.717, 1.165) is 19.3 Å². The molecule has 0 aliphatic carbocycles. The van der Waals surface area contributed by atoms with Crippen molar-refractivity contribution in [2.24, 2.45) is 34.8 Å². The van der Waals surface area contributed by atoms with Crippen molar-refractivity contribution in [2.45, 2.75) is 204 Å². The molecule has 0 aliphatic heterocycles. The number of fused-ring (bicyclic) bond motifs is 2. The maximum atomic E-state index is 14.9. The van der Waals surface area contributed by atoms with E-state index in [1.807, 2.05) is 0 Å². The monoisotopic (exact) mass is 1580 g/mol. The zero-order valence-corrected chi connectivity index (χ0v) is 65.0. The highest BCUT2D eigenvalue weighted by molar-refractivity contribution is 6.00. The Morgan fingerprint density at radius 3 is 1.35 bits per heavy atom. The molecule has 620 valence electrons. The molecule has 2 heterocycles. The molecule has 0 saturated heterocycles. The van der Waals surface area contributed by atoms with Crippen molar-refractivity contribution in [3.63, 3.8) is 0 Å². The van der Waals surface area contributed by atoms with Crippen LogP contribution < -0.4 is 92.1 Å². The number of H-pyrrole nitrogens is 2. The summed E-state index contributed by atoms with van der Waals surface area (Å²) in [5.41, 5.74) is 25.7. The van der Waals surface area contributed by atoms with Crippen LogP contribution in [-0.2, 0) is 86.4 Å². The number of hydrogen-bond donors (Lipinski definition) is 22. The maximum Gasteiger partial charge on any atom is 0.245 e. The van der Waals surface area contributed by atoms with E-state index >= 15 is 0 Å². The SMILES string of the molecule is CC[C@H](C)[C@H](NC(=O)[C@@H](NC(=O)[C@H](Cc1c[nH]c2ccccc12)NC(=O)[C@@H](CCCN)NC(=O)CNC(=O)[C@H](CCCN)NC(=O)[C@@H](CCCN)NC(=O)[C@@H](Cc1c[nH]c2ccccc12)NC(=O)[C@@H](Cc1ccc(O)cc1)NC(=O)[C@@H](CO)NC(=O)CCCCCC(C)C)[C@@H](C)O)C(=O)N[C@@H](C)C(=O)NCC(=O)NCC(N)=O. The number of phenolic OH excluding ortho intramolecular Hbond substituents is 1. The van der Waals surface area contributed by atoms with Crippen molar-refractivity contribution in [2.75, 3.05) is 45.9 Å². The lowest BCUT2D eigenvalue weighted by molar-refractivity contribution is -0.137. The topological polar surface area (TPSA) is 592 Å². The van der Waals surface area contributed by atoms with Crippen LogP contribution >= 0.6 is 0 Å². The van der Waals surface area contributed by atoms with E-state index in [1.54, 1.807) is 74.8 Å². The molecule has 0 radical (unpaired) electrons. The van der Waals surface area contributed by atoms with E-state index in [0.29, 0.717) is 57.3 Å². The number of benzene rings is 3. The van der Waals surface area contributed by atoms with Gasteiger partial charge in [0, 0.05) is 59.9 Å². The number of carbonyl (C=O) groups is 14. The number of amides is 14. The number of nitrogens with two attached hydrogens (primary N) is 4. The van der Waals surface area contributed by atoms with E-state index < -0.39 is 181 Å². The summed E-state index contributed by atoms with van der Waals surface area (Å²) in [5, 5.41) is 66.1. The fourth-order valence-electron chi connectivity index (χ4n) is 12.2. The van der Waals surface area contributed by atoms with Crippen molar-refractivity contribution >= 4 is 105 Å². The lowest BCUT2D eigenvalue weighted by atomic mass is 9.97. The molecule has 12 atom stereocenters. The molecule has 0 spiro atoms. The lowest BCUT2D eigenvalue weighted by Gasteiger charge is -2.29. The predicted octanol–water partition coefficient (Wildman–Crippen LogP) is -2.67. The Morgan fingerprint density at radius 1 is 0.416 bits per heavy atom. The molecule has 5 rings (SSSR count). The molecule has 26 N–H and O–H groups in total. The van der Waals surface area contributed by atoms with Gasteiger partial charge in [-0.15, -0.1) is 0 Å². The third-order valence-electron chi connectivity index (χ3n) is 18.9. The van der Waals surface area contributed by atoms with Gasteiger partial charge < -0.3 is 117 Å². The van der Waals surface area contributed by atoms with Crippen molar-refractivity contribution < 1.29 is 82.4 Å². The van der Waals surface area contributed by atoms with Crippen molar-refractivity contribution in [1.29, 1.82) is 0 Å². The molecule has 3 aromatic carbocycles. The summed E-state index contributed by atoms with van der Waals surface area (Å²) in [5.74, 6) is -12.2. The van der Waals surface area contributed by atoms with Gasteiger partial charge in [0.15, 0.2) is 0 Å². The smallest absolute Gasteiger partial charge is 0.245 e. The predicted molar refractivity (Wildman–Crippen MR) is 420 cm³/mol. The third kappa shape index (κ3) is 31.2. The number of aromatic amines is 2. The normalized spacial score (nSPS) is 14.4. The first kappa shape index (κ1) is 92.5. The first-order valence-corrected chi connectivity index (χ1v) is 38.3. The molecule has 36 nitrogen and oxygen atoms in total. The Balaban J connectivity index is 1.34. The van der Waals surface area contributed by atoms with E-state index in [9.17, 15) is 82.4 Å². The van der Waals surface area contributed by atoms with Gasteiger partial charge in [-0.25, -0.2) is 0 Å². The Bertz CT molecular complexity index is 4000. The molecule has 36 heteroatoms. The number of aromatic nitrogens is 2. The van der Waals surface area contributed by atoms with E-state index in [2.05, 4.69) is 92.9 Å². The minimum absolute atomic E-state index is 0.0341. The Kier molecular flexibility index (Phi) is 39.3. The molecule has 14 amide bonds. The zero-order valence-electron chi connectivity index (χ0n) is 65.0. The van der Waals surface area contributed by atoms with E-state index in [-0.39, 0.29) is 89.6 Å². The van der Waals surface area contributed by atoms with Crippen LogP contribution in [0.3, 0.4) is 0 Å². The average Bonchev–Trinajstić information content (AvgIpc) is 1.80. The zero-order chi connectivity index (χ0) is 83.3. The largest absolute Gasteiger partial charge is 0.508 e. The summed E-state index contributed by atoms with van der Waals surface area (Å²) in [7, 11) is 0.